The van der Waals surface area contributed by atoms with Crippen LogP contribution in [-0.2, 0) is 0 Å². The molecule has 1 saturated heterocycles. The van der Waals surface area contributed by atoms with Gasteiger partial charge < -0.3 is 10.4 Å². The van der Waals surface area contributed by atoms with Crippen molar-refractivity contribution in [2.75, 3.05) is 17.7 Å². The van der Waals surface area contributed by atoms with E-state index in [2.05, 4.69) is 12.2 Å². The topological polar surface area (TPSA) is 32.3 Å². The van der Waals surface area contributed by atoms with Crippen LogP contribution in [0.2, 0.25) is 0 Å². The van der Waals surface area contributed by atoms with Gasteiger partial charge in [-0.15, -0.1) is 0 Å². The molecule has 2 atom stereocenters. The number of anilines is 1. The minimum atomic E-state index is -0.294. The Hall–Kier alpha value is -0.740. The maximum atomic E-state index is 13.0. The quantitative estimate of drug-likeness (QED) is 0.852. The standard InChI is InChI=1S/C12H16FNOS/c1-9-6-12(7-15,8-16-9)14-11-4-2-3-10(13)5-11/h2-5,9,14-15H,6-8H2,1H3. The van der Waals surface area contributed by atoms with Crippen LogP contribution in [0.1, 0.15) is 13.3 Å². The highest BCUT2D eigenvalue weighted by molar-refractivity contribution is 8.00. The Morgan fingerprint density at radius 1 is 1.62 bits per heavy atom. The molecule has 2 rings (SSSR count). The molecule has 4 heteroatoms. The van der Waals surface area contributed by atoms with Crippen molar-refractivity contribution in [2.45, 2.75) is 24.1 Å². The van der Waals surface area contributed by atoms with E-state index in [1.807, 2.05) is 17.8 Å². The van der Waals surface area contributed by atoms with E-state index in [0.717, 1.165) is 17.9 Å². The van der Waals surface area contributed by atoms with Crippen molar-refractivity contribution in [3.8, 4) is 0 Å². The van der Waals surface area contributed by atoms with Crippen LogP contribution < -0.4 is 5.32 Å². The summed E-state index contributed by atoms with van der Waals surface area (Å²) in [5, 5.41) is 13.3. The molecule has 0 saturated carbocycles. The van der Waals surface area contributed by atoms with Crippen molar-refractivity contribution in [2.24, 2.45) is 0 Å². The number of thioether (sulfide) groups is 1. The second kappa shape index (κ2) is 4.63. The van der Waals surface area contributed by atoms with Gasteiger partial charge in [0.15, 0.2) is 0 Å². The van der Waals surface area contributed by atoms with Crippen LogP contribution >= 0.6 is 11.8 Å². The van der Waals surface area contributed by atoms with E-state index in [4.69, 9.17) is 0 Å². The summed E-state index contributed by atoms with van der Waals surface area (Å²) in [7, 11) is 0. The van der Waals surface area contributed by atoms with Gasteiger partial charge in [-0.1, -0.05) is 13.0 Å². The zero-order chi connectivity index (χ0) is 11.6. The van der Waals surface area contributed by atoms with Crippen LogP contribution in [-0.4, -0.2) is 28.3 Å². The molecule has 0 aliphatic carbocycles. The molecule has 0 radical (unpaired) electrons. The molecule has 16 heavy (non-hydrogen) atoms. The Morgan fingerprint density at radius 2 is 2.44 bits per heavy atom. The SMILES string of the molecule is CC1CC(CO)(Nc2cccc(F)c2)CS1. The van der Waals surface area contributed by atoms with Gasteiger partial charge in [-0.3, -0.25) is 0 Å². The largest absolute Gasteiger partial charge is 0.394 e. The summed E-state index contributed by atoms with van der Waals surface area (Å²) >= 11 is 1.84. The fraction of sp³-hybridized carbons (Fsp3) is 0.500. The lowest BCUT2D eigenvalue weighted by molar-refractivity contribution is 0.223. The third kappa shape index (κ3) is 2.50. The Labute approximate surface area is 99.2 Å². The van der Waals surface area contributed by atoms with E-state index < -0.39 is 0 Å². The lowest BCUT2D eigenvalue weighted by Crippen LogP contribution is -2.42. The number of hydrogen-bond acceptors (Lipinski definition) is 3. The van der Waals surface area contributed by atoms with E-state index in [-0.39, 0.29) is 18.0 Å². The van der Waals surface area contributed by atoms with Crippen molar-refractivity contribution in [1.82, 2.24) is 0 Å². The van der Waals surface area contributed by atoms with Gasteiger partial charge in [-0.25, -0.2) is 4.39 Å². The first-order valence-corrected chi connectivity index (χ1v) is 6.45. The fourth-order valence-electron chi connectivity index (χ4n) is 2.08. The zero-order valence-electron chi connectivity index (χ0n) is 9.24. The van der Waals surface area contributed by atoms with Crippen LogP contribution in [0.15, 0.2) is 24.3 Å². The minimum Gasteiger partial charge on any atom is -0.394 e. The minimum absolute atomic E-state index is 0.0842. The maximum Gasteiger partial charge on any atom is 0.125 e. The molecule has 1 aromatic carbocycles. The number of aliphatic hydroxyl groups excluding tert-OH is 1. The summed E-state index contributed by atoms with van der Waals surface area (Å²) in [6.45, 7) is 2.23. The molecule has 1 aliphatic rings. The summed E-state index contributed by atoms with van der Waals surface area (Å²) < 4.78 is 13.0. The highest BCUT2D eigenvalue weighted by Gasteiger charge is 2.37. The Bertz CT molecular complexity index is 374. The van der Waals surface area contributed by atoms with Crippen molar-refractivity contribution < 1.29 is 9.50 Å². The molecule has 1 aliphatic heterocycles. The lowest BCUT2D eigenvalue weighted by atomic mass is 9.97. The van der Waals surface area contributed by atoms with Crippen LogP contribution in [0.3, 0.4) is 0 Å². The number of benzene rings is 1. The fourth-order valence-corrected chi connectivity index (χ4v) is 3.40. The molecule has 2 unspecified atom stereocenters. The molecule has 1 heterocycles. The van der Waals surface area contributed by atoms with Crippen LogP contribution in [0.4, 0.5) is 10.1 Å². The number of nitrogens with one attached hydrogen (secondary N) is 1. The molecule has 1 aromatic rings. The summed E-state index contributed by atoms with van der Waals surface area (Å²) in [4.78, 5) is 0. The highest BCUT2D eigenvalue weighted by atomic mass is 32.2. The smallest absolute Gasteiger partial charge is 0.125 e. The van der Waals surface area contributed by atoms with Gasteiger partial charge in [0.25, 0.3) is 0 Å². The normalized spacial score (nSPS) is 29.3. The van der Waals surface area contributed by atoms with Crippen molar-refractivity contribution in [3.63, 3.8) is 0 Å². The third-order valence-corrected chi connectivity index (χ3v) is 4.31. The van der Waals surface area contributed by atoms with Gasteiger partial charge in [-0.2, -0.15) is 11.8 Å². The van der Waals surface area contributed by atoms with Crippen LogP contribution in [0.25, 0.3) is 0 Å². The van der Waals surface area contributed by atoms with Gasteiger partial charge in [0.1, 0.15) is 5.82 Å². The van der Waals surface area contributed by atoms with Crippen molar-refractivity contribution in [3.05, 3.63) is 30.1 Å². The first kappa shape index (κ1) is 11.7. The van der Waals surface area contributed by atoms with Gasteiger partial charge in [0.2, 0.25) is 0 Å². The molecular formula is C12H16FNOS. The predicted octanol–water partition coefficient (Wildman–Crippen LogP) is 2.49. The van der Waals surface area contributed by atoms with Gasteiger partial charge >= 0.3 is 0 Å². The predicted molar refractivity (Wildman–Crippen MR) is 66.4 cm³/mol. The molecule has 0 spiro atoms. The monoisotopic (exact) mass is 241 g/mol. The van der Waals surface area contributed by atoms with E-state index >= 15 is 0 Å². The maximum absolute atomic E-state index is 13.0. The Balaban J connectivity index is 2.13. The molecule has 88 valence electrons. The number of aliphatic hydroxyl groups is 1. The van der Waals surface area contributed by atoms with Crippen molar-refractivity contribution in [1.29, 1.82) is 0 Å². The first-order chi connectivity index (χ1) is 7.63. The molecule has 0 amide bonds. The van der Waals surface area contributed by atoms with Crippen molar-refractivity contribution >= 4 is 17.4 Å². The summed E-state index contributed by atoms with van der Waals surface area (Å²) in [6.07, 6.45) is 0.907. The molecule has 0 bridgehead atoms. The van der Waals surface area contributed by atoms with Crippen LogP contribution in [0.5, 0.6) is 0 Å². The van der Waals surface area contributed by atoms with Gasteiger partial charge in [0, 0.05) is 16.7 Å². The Morgan fingerprint density at radius 3 is 3.00 bits per heavy atom. The molecular weight excluding hydrogens is 225 g/mol. The van der Waals surface area contributed by atoms with Gasteiger partial charge in [-0.05, 0) is 24.6 Å². The average molecular weight is 241 g/mol. The van der Waals surface area contributed by atoms with E-state index in [1.54, 1.807) is 6.07 Å². The second-order valence-electron chi connectivity index (χ2n) is 4.40. The second-order valence-corrected chi connectivity index (χ2v) is 5.83. The zero-order valence-corrected chi connectivity index (χ0v) is 10.1. The molecule has 2 nitrogen and oxygen atoms in total. The molecule has 1 fully saturated rings. The van der Waals surface area contributed by atoms with Gasteiger partial charge in [0.05, 0.1) is 12.1 Å². The molecule has 2 N–H and O–H groups in total. The average Bonchev–Trinajstić information content (AvgIpc) is 2.61. The lowest BCUT2D eigenvalue weighted by Gasteiger charge is -2.28. The van der Waals surface area contributed by atoms with E-state index in [1.165, 1.54) is 12.1 Å². The summed E-state index contributed by atoms with van der Waals surface area (Å²) in [5.74, 6) is 0.609. The summed E-state index contributed by atoms with van der Waals surface area (Å²) in [5.41, 5.74) is 0.446. The summed E-state index contributed by atoms with van der Waals surface area (Å²) in [6, 6.07) is 6.39. The highest BCUT2D eigenvalue weighted by Crippen LogP contribution is 2.36. The van der Waals surface area contributed by atoms with E-state index in [0.29, 0.717) is 5.25 Å². The number of rotatable bonds is 3. The first-order valence-electron chi connectivity index (χ1n) is 5.40. The molecule has 0 aromatic heterocycles. The van der Waals surface area contributed by atoms with E-state index in [9.17, 15) is 9.50 Å². The number of hydrogen-bond donors (Lipinski definition) is 2. The number of halogens is 1. The Kier molecular flexibility index (Phi) is 3.40. The third-order valence-electron chi connectivity index (χ3n) is 2.86. The van der Waals surface area contributed by atoms with Crippen LogP contribution in [0, 0.1) is 5.82 Å².